The zero-order chi connectivity index (χ0) is 18.8. The molecule has 0 bridgehead atoms. The molecule has 1 aromatic carbocycles. The Morgan fingerprint density at radius 2 is 2.04 bits per heavy atom. The number of fused-ring (bicyclic) bond motifs is 1. The lowest BCUT2D eigenvalue weighted by Gasteiger charge is -2.13. The van der Waals surface area contributed by atoms with E-state index >= 15 is 0 Å². The Morgan fingerprint density at radius 1 is 1.27 bits per heavy atom. The molecule has 8 heteroatoms. The summed E-state index contributed by atoms with van der Waals surface area (Å²) in [6.07, 6.45) is 0. The molecule has 0 atom stereocenters. The molecule has 0 aliphatic heterocycles. The summed E-state index contributed by atoms with van der Waals surface area (Å²) in [5, 5.41) is 4.85. The van der Waals surface area contributed by atoms with Gasteiger partial charge in [0, 0.05) is 25.0 Å². The molecule has 0 aliphatic carbocycles. The van der Waals surface area contributed by atoms with Crippen molar-refractivity contribution in [3.63, 3.8) is 0 Å². The number of likely N-dealkylation sites (N-methyl/N-ethyl adjacent to an activating group) is 1. The van der Waals surface area contributed by atoms with E-state index in [9.17, 15) is 13.6 Å². The number of hydrogen-bond donors (Lipinski definition) is 1. The first-order valence-corrected chi connectivity index (χ1v) is 9.67. The third kappa shape index (κ3) is 3.97. The van der Waals surface area contributed by atoms with E-state index in [1.165, 1.54) is 17.4 Å². The zero-order valence-corrected chi connectivity index (χ0v) is 16.8. The van der Waals surface area contributed by atoms with Crippen LogP contribution in [0.4, 0.5) is 8.78 Å². The molecular formula is C18H18BrF2N3OS. The number of hydrogen-bond acceptors (Lipinski definition) is 3. The minimum Gasteiger partial charge on any atom is -0.349 e. The molecule has 1 N–H and O–H groups in total. The number of amides is 1. The van der Waals surface area contributed by atoms with Crippen LogP contribution in [0.2, 0.25) is 0 Å². The normalized spacial score (nSPS) is 11.5. The Hall–Kier alpha value is -1.77. The smallest absolute Gasteiger partial charge is 0.268 e. The van der Waals surface area contributed by atoms with E-state index in [1.54, 1.807) is 0 Å². The number of carbonyl (C=O) groups excluding carboxylic acids is 1. The number of aromatic nitrogens is 1. The maximum atomic E-state index is 13.6. The molecule has 0 aliphatic rings. The molecule has 2 heterocycles. The maximum absolute atomic E-state index is 13.6. The number of halogens is 3. The van der Waals surface area contributed by atoms with Crippen molar-refractivity contribution < 1.29 is 13.6 Å². The lowest BCUT2D eigenvalue weighted by atomic mass is 10.2. The molecule has 3 aromatic rings. The third-order valence-electron chi connectivity index (χ3n) is 3.98. The van der Waals surface area contributed by atoms with Crippen molar-refractivity contribution in [3.8, 4) is 0 Å². The highest BCUT2D eigenvalue weighted by molar-refractivity contribution is 9.10. The van der Waals surface area contributed by atoms with Crippen molar-refractivity contribution in [1.82, 2.24) is 14.8 Å². The molecule has 0 unspecified atom stereocenters. The second kappa shape index (κ2) is 7.85. The van der Waals surface area contributed by atoms with Crippen LogP contribution in [0.1, 0.15) is 16.1 Å². The van der Waals surface area contributed by atoms with Crippen LogP contribution in [0.5, 0.6) is 0 Å². The number of thiophene rings is 1. The number of benzene rings is 1. The van der Waals surface area contributed by atoms with Crippen LogP contribution in [-0.4, -0.2) is 42.6 Å². The monoisotopic (exact) mass is 441 g/mol. The molecule has 138 valence electrons. The van der Waals surface area contributed by atoms with Crippen LogP contribution in [0.15, 0.2) is 34.1 Å². The molecule has 0 fully saturated rings. The molecule has 26 heavy (non-hydrogen) atoms. The van der Waals surface area contributed by atoms with E-state index in [1.807, 2.05) is 35.0 Å². The van der Waals surface area contributed by atoms with Crippen molar-refractivity contribution in [2.75, 3.05) is 27.2 Å². The van der Waals surface area contributed by atoms with Gasteiger partial charge in [0.2, 0.25) is 0 Å². The molecule has 3 rings (SSSR count). The Balaban J connectivity index is 1.94. The van der Waals surface area contributed by atoms with Crippen molar-refractivity contribution in [1.29, 1.82) is 0 Å². The molecule has 2 aromatic heterocycles. The van der Waals surface area contributed by atoms with Gasteiger partial charge < -0.3 is 14.8 Å². The number of nitrogens with one attached hydrogen (secondary N) is 1. The first-order chi connectivity index (χ1) is 12.4. The van der Waals surface area contributed by atoms with Gasteiger partial charge in [-0.25, -0.2) is 8.78 Å². The fourth-order valence-corrected chi connectivity index (χ4v) is 4.38. The van der Waals surface area contributed by atoms with Crippen molar-refractivity contribution >= 4 is 43.4 Å². The van der Waals surface area contributed by atoms with E-state index in [0.717, 1.165) is 33.4 Å². The van der Waals surface area contributed by atoms with Gasteiger partial charge >= 0.3 is 0 Å². The quantitative estimate of drug-likeness (QED) is 0.625. The molecule has 0 radical (unpaired) electrons. The van der Waals surface area contributed by atoms with E-state index in [0.29, 0.717) is 17.8 Å². The molecular weight excluding hydrogens is 424 g/mol. The van der Waals surface area contributed by atoms with Crippen molar-refractivity contribution in [2.45, 2.75) is 6.54 Å². The highest BCUT2D eigenvalue weighted by Crippen LogP contribution is 2.33. The summed E-state index contributed by atoms with van der Waals surface area (Å²) in [6, 6.07) is 5.62. The van der Waals surface area contributed by atoms with Gasteiger partial charge in [-0.05, 0) is 53.8 Å². The zero-order valence-electron chi connectivity index (χ0n) is 14.4. The first kappa shape index (κ1) is 19.0. The minimum absolute atomic E-state index is 0.190. The van der Waals surface area contributed by atoms with Gasteiger partial charge in [-0.3, -0.25) is 4.79 Å². The lowest BCUT2D eigenvalue weighted by molar-refractivity contribution is 0.0942. The Morgan fingerprint density at radius 3 is 2.73 bits per heavy atom. The van der Waals surface area contributed by atoms with Crippen LogP contribution in [-0.2, 0) is 6.54 Å². The van der Waals surface area contributed by atoms with Crippen molar-refractivity contribution in [3.05, 3.63) is 57.0 Å². The van der Waals surface area contributed by atoms with Gasteiger partial charge in [-0.1, -0.05) is 6.07 Å². The van der Waals surface area contributed by atoms with Gasteiger partial charge in [0.15, 0.2) is 11.6 Å². The van der Waals surface area contributed by atoms with Crippen LogP contribution < -0.4 is 5.32 Å². The average molecular weight is 442 g/mol. The largest absolute Gasteiger partial charge is 0.349 e. The number of carbonyl (C=O) groups is 1. The second-order valence-electron chi connectivity index (χ2n) is 6.22. The summed E-state index contributed by atoms with van der Waals surface area (Å²) >= 11 is 5.03. The lowest BCUT2D eigenvalue weighted by Crippen LogP contribution is -2.32. The highest BCUT2D eigenvalue weighted by atomic mass is 79.9. The summed E-state index contributed by atoms with van der Waals surface area (Å²) in [5.74, 6) is -1.97. The predicted molar refractivity (Wildman–Crippen MR) is 104 cm³/mol. The third-order valence-corrected chi connectivity index (χ3v) is 5.81. The standard InChI is InChI=1S/C18H18BrF2N3OS/c1-23(2)6-5-22-18(25)15-8-16-17(12(19)10-26-16)24(15)9-11-3-4-13(20)14(21)7-11/h3-4,7-8,10H,5-6,9H2,1-2H3,(H,22,25). The van der Waals surface area contributed by atoms with Gasteiger partial charge in [0.05, 0.1) is 14.7 Å². The van der Waals surface area contributed by atoms with Crippen LogP contribution in [0.25, 0.3) is 10.2 Å². The van der Waals surface area contributed by atoms with Gasteiger partial charge in [0.25, 0.3) is 5.91 Å². The number of nitrogens with zero attached hydrogens (tertiary/aromatic N) is 2. The Labute approximate surface area is 162 Å². The minimum atomic E-state index is -0.896. The summed E-state index contributed by atoms with van der Waals surface area (Å²) in [6.45, 7) is 1.52. The first-order valence-electron chi connectivity index (χ1n) is 8.00. The topological polar surface area (TPSA) is 37.3 Å². The SMILES string of the molecule is CN(C)CCNC(=O)c1cc2scc(Br)c2n1Cc1ccc(F)c(F)c1. The molecule has 4 nitrogen and oxygen atoms in total. The molecule has 0 saturated heterocycles. The summed E-state index contributed by atoms with van der Waals surface area (Å²) in [5.41, 5.74) is 1.95. The van der Waals surface area contributed by atoms with Crippen LogP contribution in [0.3, 0.4) is 0 Å². The summed E-state index contributed by atoms with van der Waals surface area (Å²) in [7, 11) is 3.87. The van der Waals surface area contributed by atoms with Gasteiger partial charge in [-0.15, -0.1) is 11.3 Å². The molecule has 1 amide bonds. The highest BCUT2D eigenvalue weighted by Gasteiger charge is 2.19. The second-order valence-corrected chi connectivity index (χ2v) is 7.99. The summed E-state index contributed by atoms with van der Waals surface area (Å²) in [4.78, 5) is 14.6. The Kier molecular flexibility index (Phi) is 5.74. The van der Waals surface area contributed by atoms with Crippen LogP contribution in [0, 0.1) is 11.6 Å². The van der Waals surface area contributed by atoms with Crippen molar-refractivity contribution in [2.24, 2.45) is 0 Å². The van der Waals surface area contributed by atoms with Gasteiger partial charge in [-0.2, -0.15) is 0 Å². The maximum Gasteiger partial charge on any atom is 0.268 e. The fraction of sp³-hybridized carbons (Fsp3) is 0.278. The fourth-order valence-electron chi connectivity index (χ4n) is 2.69. The number of rotatable bonds is 6. The van der Waals surface area contributed by atoms with E-state index < -0.39 is 11.6 Å². The van der Waals surface area contributed by atoms with Gasteiger partial charge in [0.1, 0.15) is 5.69 Å². The Bertz CT molecular complexity index is 951. The van der Waals surface area contributed by atoms with E-state index in [-0.39, 0.29) is 12.5 Å². The predicted octanol–water partition coefficient (Wildman–Crippen LogP) is 4.08. The molecule has 0 spiro atoms. The summed E-state index contributed by atoms with van der Waals surface area (Å²) < 4.78 is 30.4. The van der Waals surface area contributed by atoms with E-state index in [2.05, 4.69) is 21.2 Å². The van der Waals surface area contributed by atoms with E-state index in [4.69, 9.17) is 0 Å². The molecule has 0 saturated carbocycles. The van der Waals surface area contributed by atoms with Crippen LogP contribution >= 0.6 is 27.3 Å². The average Bonchev–Trinajstić information content (AvgIpc) is 3.11.